The van der Waals surface area contributed by atoms with Crippen LogP contribution in [-0.2, 0) is 23.7 Å². The van der Waals surface area contributed by atoms with E-state index in [9.17, 15) is 9.59 Å². The van der Waals surface area contributed by atoms with E-state index >= 15 is 0 Å². The van der Waals surface area contributed by atoms with Crippen molar-refractivity contribution in [3.05, 3.63) is 48.6 Å². The second-order valence-corrected chi connectivity index (χ2v) is 7.44. The Kier molecular flexibility index (Phi) is 8.34. The summed E-state index contributed by atoms with van der Waals surface area (Å²) in [6.45, 7) is 9.07. The molecule has 0 unspecified atom stereocenters. The van der Waals surface area contributed by atoms with Crippen LogP contribution in [0.3, 0.4) is 0 Å². The summed E-state index contributed by atoms with van der Waals surface area (Å²) >= 11 is 1.49. The average Bonchev–Trinajstić information content (AvgIpc) is 2.65. The zero-order chi connectivity index (χ0) is 19.8. The van der Waals surface area contributed by atoms with Gasteiger partial charge in [0, 0.05) is 6.92 Å². The van der Waals surface area contributed by atoms with Gasteiger partial charge in [-0.05, 0) is 24.8 Å². The smallest absolute Gasteiger partial charge is 0.338 e. The predicted molar refractivity (Wildman–Crippen MR) is 104 cm³/mol. The number of hydrogen-bond donors (Lipinski definition) is 0. The Hall–Kier alpha value is -1.83. The quantitative estimate of drug-likeness (QED) is 0.495. The third kappa shape index (κ3) is 5.82. The van der Waals surface area contributed by atoms with Gasteiger partial charge in [0.2, 0.25) is 0 Å². The van der Waals surface area contributed by atoms with Crippen LogP contribution in [0, 0.1) is 0 Å². The zero-order valence-corrected chi connectivity index (χ0v) is 16.6. The Balaban J connectivity index is 2.31. The van der Waals surface area contributed by atoms with E-state index in [-0.39, 0.29) is 12.7 Å². The minimum Gasteiger partial charge on any atom is -0.455 e. The van der Waals surface area contributed by atoms with Crippen molar-refractivity contribution >= 4 is 23.7 Å². The number of carbonyl (C=O) groups excluding carboxylic acids is 2. The molecule has 1 aromatic carbocycles. The highest BCUT2D eigenvalue weighted by molar-refractivity contribution is 7.99. The van der Waals surface area contributed by atoms with Gasteiger partial charge in [0.1, 0.15) is 11.5 Å². The summed E-state index contributed by atoms with van der Waals surface area (Å²) in [5.74, 6) is -0.213. The Morgan fingerprint density at radius 3 is 2.48 bits per heavy atom. The molecule has 0 N–H and O–H groups in total. The first kappa shape index (κ1) is 21.5. The van der Waals surface area contributed by atoms with Crippen LogP contribution in [0.15, 0.2) is 43.0 Å². The van der Waals surface area contributed by atoms with Gasteiger partial charge in [-0.25, -0.2) is 4.79 Å². The van der Waals surface area contributed by atoms with Gasteiger partial charge in [-0.15, -0.1) is 18.3 Å². The van der Waals surface area contributed by atoms with E-state index in [4.69, 9.17) is 18.9 Å². The van der Waals surface area contributed by atoms with Crippen molar-refractivity contribution in [1.29, 1.82) is 0 Å². The summed E-state index contributed by atoms with van der Waals surface area (Å²) in [4.78, 5) is 24.3. The molecule has 0 aliphatic carbocycles. The summed E-state index contributed by atoms with van der Waals surface area (Å²) in [5.41, 5.74) is -0.0357. The largest absolute Gasteiger partial charge is 0.455 e. The van der Waals surface area contributed by atoms with Crippen LogP contribution >= 0.6 is 11.8 Å². The van der Waals surface area contributed by atoms with Gasteiger partial charge in [0.15, 0.2) is 12.2 Å². The highest BCUT2D eigenvalue weighted by Crippen LogP contribution is 2.34. The van der Waals surface area contributed by atoms with Crippen molar-refractivity contribution in [1.82, 2.24) is 0 Å². The Morgan fingerprint density at radius 2 is 1.89 bits per heavy atom. The van der Waals surface area contributed by atoms with E-state index in [0.29, 0.717) is 5.56 Å². The first-order chi connectivity index (χ1) is 13.0. The number of benzene rings is 1. The van der Waals surface area contributed by atoms with Gasteiger partial charge in [-0.3, -0.25) is 4.79 Å². The number of carbonyl (C=O) groups is 2. The Bertz CT molecular complexity index is 635. The molecule has 1 aliphatic rings. The van der Waals surface area contributed by atoms with Crippen LogP contribution < -0.4 is 0 Å². The van der Waals surface area contributed by atoms with Crippen LogP contribution in [0.1, 0.15) is 31.1 Å². The van der Waals surface area contributed by atoms with Gasteiger partial charge >= 0.3 is 11.9 Å². The van der Waals surface area contributed by atoms with Crippen LogP contribution in [0.4, 0.5) is 0 Å². The predicted octanol–water partition coefficient (Wildman–Crippen LogP) is 3.21. The van der Waals surface area contributed by atoms with E-state index in [1.165, 1.54) is 18.7 Å². The Morgan fingerprint density at radius 1 is 1.19 bits per heavy atom. The molecule has 5 atom stereocenters. The van der Waals surface area contributed by atoms with Crippen molar-refractivity contribution in [2.75, 3.05) is 12.4 Å². The molecule has 1 heterocycles. The first-order valence-corrected chi connectivity index (χ1v) is 9.95. The summed E-state index contributed by atoms with van der Waals surface area (Å²) in [5, 5.41) is 0. The van der Waals surface area contributed by atoms with Crippen molar-refractivity contribution in [3.63, 3.8) is 0 Å². The van der Waals surface area contributed by atoms with Gasteiger partial charge in [-0.2, -0.15) is 0 Å². The SMILES string of the molecule is C=CCO[C@@H]1[C@@H](OC(=O)c2ccccc2)[C@@H](OC(C)=O)[C@H](SCC)O[C@H]1C. The topological polar surface area (TPSA) is 71.1 Å². The molecule has 1 aromatic rings. The average molecular weight is 394 g/mol. The monoisotopic (exact) mass is 394 g/mol. The fourth-order valence-electron chi connectivity index (χ4n) is 2.90. The van der Waals surface area contributed by atoms with Crippen molar-refractivity contribution in [3.8, 4) is 0 Å². The molecule has 1 fully saturated rings. The summed E-state index contributed by atoms with van der Waals surface area (Å²) < 4.78 is 23.1. The third-order valence-corrected chi connectivity index (χ3v) is 5.06. The maximum Gasteiger partial charge on any atom is 0.338 e. The lowest BCUT2D eigenvalue weighted by atomic mass is 10.00. The lowest BCUT2D eigenvalue weighted by Gasteiger charge is -2.44. The van der Waals surface area contributed by atoms with Crippen LogP contribution in [0.25, 0.3) is 0 Å². The van der Waals surface area contributed by atoms with Gasteiger partial charge in [0.25, 0.3) is 0 Å². The fraction of sp³-hybridized carbons (Fsp3) is 0.500. The van der Waals surface area contributed by atoms with Crippen molar-refractivity contribution < 1.29 is 28.5 Å². The highest BCUT2D eigenvalue weighted by atomic mass is 32.2. The third-order valence-electron chi connectivity index (χ3n) is 4.02. The summed E-state index contributed by atoms with van der Waals surface area (Å²) in [7, 11) is 0. The van der Waals surface area contributed by atoms with E-state index in [0.717, 1.165) is 5.75 Å². The summed E-state index contributed by atoms with van der Waals surface area (Å²) in [6, 6.07) is 8.68. The molecule has 0 radical (unpaired) electrons. The Labute approximate surface area is 164 Å². The van der Waals surface area contributed by atoms with Gasteiger partial charge < -0.3 is 18.9 Å². The molecule has 0 amide bonds. The minimum absolute atomic E-state index is 0.260. The lowest BCUT2D eigenvalue weighted by Crippen LogP contribution is -2.59. The van der Waals surface area contributed by atoms with E-state index in [2.05, 4.69) is 6.58 Å². The van der Waals surface area contributed by atoms with E-state index in [1.54, 1.807) is 30.3 Å². The van der Waals surface area contributed by atoms with Crippen molar-refractivity contribution in [2.24, 2.45) is 0 Å². The second kappa shape index (κ2) is 10.5. The van der Waals surface area contributed by atoms with Crippen LogP contribution in [0.5, 0.6) is 0 Å². The molecular formula is C20H26O6S. The molecule has 148 valence electrons. The second-order valence-electron chi connectivity index (χ2n) is 6.06. The molecule has 0 aromatic heterocycles. The number of esters is 2. The molecular weight excluding hydrogens is 368 g/mol. The van der Waals surface area contributed by atoms with Crippen molar-refractivity contribution in [2.45, 2.75) is 50.6 Å². The maximum absolute atomic E-state index is 12.6. The molecule has 2 rings (SSSR count). The fourth-order valence-corrected chi connectivity index (χ4v) is 3.88. The van der Waals surface area contributed by atoms with E-state index in [1.807, 2.05) is 19.9 Å². The minimum atomic E-state index is -0.797. The molecule has 27 heavy (non-hydrogen) atoms. The van der Waals surface area contributed by atoms with Crippen LogP contribution in [0.2, 0.25) is 0 Å². The number of ether oxygens (including phenoxy) is 4. The molecule has 0 saturated carbocycles. The maximum atomic E-state index is 12.6. The number of hydrogen-bond acceptors (Lipinski definition) is 7. The molecule has 1 saturated heterocycles. The molecule has 7 heteroatoms. The van der Waals surface area contributed by atoms with Crippen LogP contribution in [-0.4, -0.2) is 54.2 Å². The molecule has 1 aliphatic heterocycles. The highest BCUT2D eigenvalue weighted by Gasteiger charge is 2.49. The molecule has 6 nitrogen and oxygen atoms in total. The van der Waals surface area contributed by atoms with Gasteiger partial charge in [-0.1, -0.05) is 31.2 Å². The number of rotatable bonds is 8. The normalized spacial score (nSPS) is 27.6. The zero-order valence-electron chi connectivity index (χ0n) is 15.8. The lowest BCUT2D eigenvalue weighted by molar-refractivity contribution is -0.218. The summed E-state index contributed by atoms with van der Waals surface area (Å²) in [6.07, 6.45) is -0.903. The molecule has 0 bridgehead atoms. The van der Waals surface area contributed by atoms with E-state index < -0.39 is 35.7 Å². The standard InChI is InChI=1S/C20H26O6S/c1-5-12-23-16-13(3)24-20(27-6-2)18(25-14(4)21)17(16)26-19(22)15-10-8-7-9-11-15/h5,7-11,13,16-18,20H,1,6,12H2,2-4H3/t13-,16-,17+,18+,20-/m0/s1. The number of thioether (sulfide) groups is 1. The first-order valence-electron chi connectivity index (χ1n) is 8.90. The molecule has 0 spiro atoms. The van der Waals surface area contributed by atoms with Gasteiger partial charge in [0.05, 0.1) is 18.3 Å².